The van der Waals surface area contributed by atoms with Gasteiger partial charge in [0.25, 0.3) is 0 Å². The lowest BCUT2D eigenvalue weighted by Gasteiger charge is -2.31. The van der Waals surface area contributed by atoms with Crippen LogP contribution in [0.1, 0.15) is 44.1 Å². The van der Waals surface area contributed by atoms with Crippen LogP contribution in [0.3, 0.4) is 0 Å². The van der Waals surface area contributed by atoms with Crippen LogP contribution in [0, 0.1) is 11.3 Å². The van der Waals surface area contributed by atoms with Crippen molar-refractivity contribution in [2.45, 2.75) is 45.1 Å². The van der Waals surface area contributed by atoms with E-state index in [0.29, 0.717) is 24.9 Å². The molecule has 0 atom stereocenters. The fourth-order valence-electron chi connectivity index (χ4n) is 3.74. The van der Waals surface area contributed by atoms with Crippen molar-refractivity contribution in [1.29, 1.82) is 0 Å². The maximum atomic E-state index is 12.7. The molecule has 0 aromatic carbocycles. The molecule has 2 N–H and O–H groups in total. The highest BCUT2D eigenvalue weighted by Gasteiger charge is 2.42. The van der Waals surface area contributed by atoms with Gasteiger partial charge in [-0.3, -0.25) is 9.79 Å². The normalized spacial score (nSPS) is 18.6. The minimum Gasteiger partial charge on any atom is -0.477 e. The predicted octanol–water partition coefficient (Wildman–Crippen LogP) is 2.18. The molecule has 0 bridgehead atoms. The highest BCUT2D eigenvalue weighted by Crippen LogP contribution is 2.38. The number of hydrogen-bond donors (Lipinski definition) is 2. The molecule has 0 spiro atoms. The second-order valence-electron chi connectivity index (χ2n) is 8.23. The van der Waals surface area contributed by atoms with E-state index < -0.39 is 0 Å². The van der Waals surface area contributed by atoms with E-state index in [1.165, 1.54) is 12.8 Å². The molecule has 0 radical (unpaired) electrons. The van der Waals surface area contributed by atoms with Gasteiger partial charge in [-0.1, -0.05) is 18.9 Å². The van der Waals surface area contributed by atoms with Gasteiger partial charge in [0.1, 0.15) is 0 Å². The van der Waals surface area contributed by atoms with Crippen molar-refractivity contribution in [2.75, 3.05) is 34.3 Å². The zero-order valence-electron chi connectivity index (χ0n) is 17.3. The average molecular weight is 388 g/mol. The number of pyridine rings is 1. The van der Waals surface area contributed by atoms with E-state index in [-0.39, 0.29) is 11.3 Å². The summed E-state index contributed by atoms with van der Waals surface area (Å²) in [6, 6.07) is 3.93. The summed E-state index contributed by atoms with van der Waals surface area (Å²) in [6.45, 7) is 1.99. The van der Waals surface area contributed by atoms with Gasteiger partial charge >= 0.3 is 0 Å². The lowest BCUT2D eigenvalue weighted by Crippen LogP contribution is -2.49. The molecule has 28 heavy (non-hydrogen) atoms. The second-order valence-corrected chi connectivity index (χ2v) is 8.23. The summed E-state index contributed by atoms with van der Waals surface area (Å²) in [5.41, 5.74) is 0.741. The number of nitrogens with one attached hydrogen (secondary N) is 2. The molecule has 1 heterocycles. The van der Waals surface area contributed by atoms with Gasteiger partial charge < -0.3 is 20.3 Å². The number of carbonyl (C=O) groups excluding carboxylic acids is 1. The van der Waals surface area contributed by atoms with E-state index in [9.17, 15) is 4.79 Å². The fraction of sp³-hybridized carbons (Fsp3) is 0.667. The molecule has 0 saturated heterocycles. The van der Waals surface area contributed by atoms with Crippen LogP contribution in [0.5, 0.6) is 5.88 Å². The summed E-state index contributed by atoms with van der Waals surface area (Å²) in [5, 5.41) is 6.66. The number of rotatable bonds is 8. The first kappa shape index (κ1) is 20.4. The molecule has 1 aromatic heterocycles. The van der Waals surface area contributed by atoms with Gasteiger partial charge in [0.2, 0.25) is 11.8 Å². The molecule has 1 aromatic rings. The van der Waals surface area contributed by atoms with Crippen molar-refractivity contribution in [3.05, 3.63) is 23.9 Å². The Hall–Kier alpha value is -2.31. The summed E-state index contributed by atoms with van der Waals surface area (Å²) >= 11 is 0. The van der Waals surface area contributed by atoms with Crippen molar-refractivity contribution in [3.63, 3.8) is 0 Å². The van der Waals surface area contributed by atoms with E-state index in [1.54, 1.807) is 11.9 Å². The number of nitrogens with zero attached hydrogens (tertiary/aromatic N) is 3. The number of aliphatic imine (C=N–C) groups is 1. The molecule has 2 aliphatic carbocycles. The number of carbonyl (C=O) groups is 1. The Labute approximate surface area is 168 Å². The third-order valence-electron chi connectivity index (χ3n) is 5.66. The van der Waals surface area contributed by atoms with Gasteiger partial charge in [0, 0.05) is 46.5 Å². The molecule has 2 saturated carbocycles. The fourth-order valence-corrected chi connectivity index (χ4v) is 3.74. The maximum absolute atomic E-state index is 12.7. The Morgan fingerprint density at radius 1 is 1.29 bits per heavy atom. The molecule has 2 fully saturated rings. The number of hydrogen-bond acceptors (Lipinski definition) is 4. The number of guanidine groups is 1. The van der Waals surface area contributed by atoms with Crippen molar-refractivity contribution in [2.24, 2.45) is 16.3 Å². The van der Waals surface area contributed by atoms with Crippen LogP contribution in [-0.2, 0) is 11.3 Å². The van der Waals surface area contributed by atoms with E-state index >= 15 is 0 Å². The molecule has 1 amide bonds. The molecule has 7 heteroatoms. The Morgan fingerprint density at radius 3 is 2.61 bits per heavy atom. The molecular formula is C21H33N5O2. The third-order valence-corrected chi connectivity index (χ3v) is 5.66. The summed E-state index contributed by atoms with van der Waals surface area (Å²) in [7, 11) is 5.42. The van der Waals surface area contributed by atoms with E-state index in [0.717, 1.165) is 43.8 Å². The minimum atomic E-state index is -0.316. The van der Waals surface area contributed by atoms with Crippen molar-refractivity contribution in [1.82, 2.24) is 20.5 Å². The van der Waals surface area contributed by atoms with Gasteiger partial charge in [0.15, 0.2) is 5.96 Å². The van der Waals surface area contributed by atoms with Crippen LogP contribution in [-0.4, -0.2) is 56.0 Å². The number of ether oxygens (including phenoxy) is 1. The van der Waals surface area contributed by atoms with Crippen LogP contribution in [0.15, 0.2) is 23.3 Å². The average Bonchev–Trinajstić information content (AvgIpc) is 3.42. The molecule has 154 valence electrons. The van der Waals surface area contributed by atoms with Crippen LogP contribution in [0.2, 0.25) is 0 Å². The minimum absolute atomic E-state index is 0.207. The van der Waals surface area contributed by atoms with E-state index in [1.807, 2.05) is 32.4 Å². The molecule has 0 aliphatic heterocycles. The monoisotopic (exact) mass is 387 g/mol. The van der Waals surface area contributed by atoms with Gasteiger partial charge in [-0.25, -0.2) is 4.98 Å². The highest BCUT2D eigenvalue weighted by atomic mass is 16.5. The SMILES string of the molecule is CN=C(NCc1ccc(OCC2CC2)nc1)NCC1(C(=O)N(C)C)CCCC1. The van der Waals surface area contributed by atoms with Gasteiger partial charge in [-0.05, 0) is 37.2 Å². The van der Waals surface area contributed by atoms with Gasteiger partial charge in [-0.2, -0.15) is 0 Å². The van der Waals surface area contributed by atoms with Crippen molar-refractivity contribution >= 4 is 11.9 Å². The lowest BCUT2D eigenvalue weighted by atomic mass is 9.84. The van der Waals surface area contributed by atoms with Crippen LogP contribution in [0.25, 0.3) is 0 Å². The van der Waals surface area contributed by atoms with Gasteiger partial charge in [0.05, 0.1) is 12.0 Å². The molecular weight excluding hydrogens is 354 g/mol. The summed E-state index contributed by atoms with van der Waals surface area (Å²) < 4.78 is 5.68. The zero-order valence-corrected chi connectivity index (χ0v) is 17.3. The van der Waals surface area contributed by atoms with E-state index in [2.05, 4.69) is 20.6 Å². The third kappa shape index (κ3) is 5.36. The first-order chi connectivity index (χ1) is 13.5. The molecule has 0 unspecified atom stereocenters. The Balaban J connectivity index is 1.48. The Morgan fingerprint density at radius 2 is 2.04 bits per heavy atom. The lowest BCUT2D eigenvalue weighted by molar-refractivity contribution is -0.138. The van der Waals surface area contributed by atoms with Crippen molar-refractivity contribution in [3.8, 4) is 5.88 Å². The topological polar surface area (TPSA) is 78.9 Å². The van der Waals surface area contributed by atoms with Crippen molar-refractivity contribution < 1.29 is 9.53 Å². The Kier molecular flexibility index (Phi) is 6.75. The van der Waals surface area contributed by atoms with Crippen LogP contribution < -0.4 is 15.4 Å². The smallest absolute Gasteiger partial charge is 0.230 e. The molecule has 2 aliphatic rings. The first-order valence-electron chi connectivity index (χ1n) is 10.3. The van der Waals surface area contributed by atoms with Crippen LogP contribution >= 0.6 is 0 Å². The van der Waals surface area contributed by atoms with E-state index in [4.69, 9.17) is 4.74 Å². The van der Waals surface area contributed by atoms with Gasteiger partial charge in [-0.15, -0.1) is 0 Å². The number of aromatic nitrogens is 1. The first-order valence-corrected chi connectivity index (χ1v) is 10.3. The zero-order chi connectivity index (χ0) is 20.0. The summed E-state index contributed by atoms with van der Waals surface area (Å²) in [4.78, 5) is 23.1. The maximum Gasteiger partial charge on any atom is 0.230 e. The largest absolute Gasteiger partial charge is 0.477 e. The Bertz CT molecular complexity index is 677. The summed E-state index contributed by atoms with van der Waals surface area (Å²) in [5.74, 6) is 2.31. The molecule has 3 rings (SSSR count). The summed E-state index contributed by atoms with van der Waals surface area (Å²) in [6.07, 6.45) is 8.45. The highest BCUT2D eigenvalue weighted by molar-refractivity contribution is 5.85. The second kappa shape index (κ2) is 9.26. The quantitative estimate of drug-likeness (QED) is 0.528. The standard InChI is InChI=1S/C21H33N5O2/c1-22-20(25-15-21(10-4-5-11-21)19(27)26(2)3)24-13-17-8-9-18(23-12-17)28-14-16-6-7-16/h8-9,12,16H,4-7,10-11,13-15H2,1-3H3,(H2,22,24,25). The predicted molar refractivity (Wildman–Crippen MR) is 110 cm³/mol. The number of amides is 1. The van der Waals surface area contributed by atoms with Crippen LogP contribution in [0.4, 0.5) is 0 Å². The molecule has 7 nitrogen and oxygen atoms in total.